The Morgan fingerprint density at radius 2 is 1.81 bits per heavy atom. The van der Waals surface area contributed by atoms with E-state index in [0.29, 0.717) is 40.8 Å². The lowest BCUT2D eigenvalue weighted by molar-refractivity contribution is -0.385. The van der Waals surface area contributed by atoms with Crippen molar-refractivity contribution in [2.45, 2.75) is 6.92 Å². The first-order valence-electron chi connectivity index (χ1n) is 9.50. The number of nitro benzene ring substituents is 1. The quantitative estimate of drug-likeness (QED) is 0.386. The zero-order chi connectivity index (χ0) is 22.7. The van der Waals surface area contributed by atoms with Crippen LogP contribution in [0.3, 0.4) is 0 Å². The van der Waals surface area contributed by atoms with E-state index in [-0.39, 0.29) is 17.2 Å². The molecule has 1 amide bonds. The number of amides is 1. The lowest BCUT2D eigenvalue weighted by Crippen LogP contribution is -2.37. The summed E-state index contributed by atoms with van der Waals surface area (Å²) in [4.78, 5) is 32.6. The molecule has 0 N–H and O–H groups in total. The molecule has 1 heterocycles. The molecule has 0 aliphatic heterocycles. The molecule has 0 aliphatic carbocycles. The second-order valence-corrected chi connectivity index (χ2v) is 8.09. The van der Waals surface area contributed by atoms with E-state index in [1.165, 1.54) is 23.5 Å². The number of aromatic nitrogens is 1. The molecule has 1 aromatic heterocycles. The fourth-order valence-corrected chi connectivity index (χ4v) is 4.27. The summed E-state index contributed by atoms with van der Waals surface area (Å²) >= 11 is 1.31. The number of carbonyl (C=O) groups excluding carboxylic acids is 1. The SMILES string of the molecule is COc1ccc(OC)c2sc(N(CCN(C)C)C(=O)c3cccc([N+](=O)[O-])c3C)nc12. The second-order valence-electron chi connectivity index (χ2n) is 7.11. The highest BCUT2D eigenvalue weighted by atomic mass is 32.1. The Bertz CT molecular complexity index is 1090. The molecule has 3 rings (SSSR count). The smallest absolute Gasteiger partial charge is 0.273 e. The minimum atomic E-state index is -0.482. The number of carbonyl (C=O) groups is 1. The van der Waals surface area contributed by atoms with Crippen molar-refractivity contribution in [3.63, 3.8) is 0 Å². The van der Waals surface area contributed by atoms with E-state index < -0.39 is 4.92 Å². The van der Waals surface area contributed by atoms with Crippen molar-refractivity contribution in [1.29, 1.82) is 0 Å². The molecule has 0 saturated carbocycles. The predicted molar refractivity (Wildman–Crippen MR) is 121 cm³/mol. The van der Waals surface area contributed by atoms with Crippen LogP contribution in [-0.4, -0.2) is 62.1 Å². The van der Waals surface area contributed by atoms with E-state index in [1.807, 2.05) is 19.0 Å². The molecule has 10 heteroatoms. The fraction of sp³-hybridized carbons (Fsp3) is 0.333. The van der Waals surface area contributed by atoms with Crippen LogP contribution in [0, 0.1) is 17.0 Å². The summed E-state index contributed by atoms with van der Waals surface area (Å²) in [5, 5.41) is 11.8. The molecule has 0 spiro atoms. The highest BCUT2D eigenvalue weighted by molar-refractivity contribution is 7.22. The van der Waals surface area contributed by atoms with E-state index in [2.05, 4.69) is 4.98 Å². The first-order valence-corrected chi connectivity index (χ1v) is 10.3. The molecule has 0 radical (unpaired) electrons. The standard InChI is InChI=1S/C21H24N4O5S/c1-13-14(7-6-8-15(13)25(27)28)20(26)24(12-11-23(2)3)21-22-18-16(29-4)9-10-17(30-5)19(18)31-21/h6-10H,11-12H2,1-5H3. The number of fused-ring (bicyclic) bond motifs is 1. The Morgan fingerprint density at radius 3 is 2.42 bits per heavy atom. The van der Waals surface area contributed by atoms with E-state index in [4.69, 9.17) is 9.47 Å². The molecule has 0 fully saturated rings. The fourth-order valence-electron chi connectivity index (χ4n) is 3.17. The van der Waals surface area contributed by atoms with Crippen LogP contribution in [0.1, 0.15) is 15.9 Å². The third-order valence-corrected chi connectivity index (χ3v) is 5.97. The van der Waals surface area contributed by atoms with Gasteiger partial charge in [0.25, 0.3) is 11.6 Å². The van der Waals surface area contributed by atoms with E-state index >= 15 is 0 Å². The minimum absolute atomic E-state index is 0.0916. The lowest BCUT2D eigenvalue weighted by Gasteiger charge is -2.22. The Hall–Kier alpha value is -3.24. The van der Waals surface area contributed by atoms with E-state index in [1.54, 1.807) is 44.2 Å². The van der Waals surface area contributed by atoms with E-state index in [0.717, 1.165) is 4.70 Å². The Labute approximate surface area is 184 Å². The number of hydrogen-bond acceptors (Lipinski definition) is 8. The third kappa shape index (κ3) is 4.44. The van der Waals surface area contributed by atoms with Crippen LogP contribution in [0.25, 0.3) is 10.2 Å². The lowest BCUT2D eigenvalue weighted by atomic mass is 10.1. The second kappa shape index (κ2) is 9.27. The predicted octanol–water partition coefficient (Wildman–Crippen LogP) is 3.74. The minimum Gasteiger partial charge on any atom is -0.495 e. The van der Waals surface area contributed by atoms with Crippen LogP contribution < -0.4 is 14.4 Å². The average molecular weight is 445 g/mol. The van der Waals surface area contributed by atoms with Crippen molar-refractivity contribution in [3.8, 4) is 11.5 Å². The van der Waals surface area contributed by atoms with E-state index in [9.17, 15) is 14.9 Å². The number of hydrogen-bond donors (Lipinski definition) is 0. The molecule has 3 aromatic rings. The van der Waals surface area contributed by atoms with Gasteiger partial charge in [-0.25, -0.2) is 4.98 Å². The first kappa shape index (κ1) is 22.4. The van der Waals surface area contributed by atoms with Crippen LogP contribution in [0.15, 0.2) is 30.3 Å². The van der Waals surface area contributed by atoms with Crippen LogP contribution in [0.2, 0.25) is 0 Å². The van der Waals surface area contributed by atoms with Gasteiger partial charge in [-0.15, -0.1) is 0 Å². The number of thiazole rings is 1. The molecule has 9 nitrogen and oxygen atoms in total. The summed E-state index contributed by atoms with van der Waals surface area (Å²) in [7, 11) is 6.95. The maximum atomic E-state index is 13.5. The van der Waals surface area contributed by atoms with Gasteiger partial charge in [0.15, 0.2) is 5.13 Å². The van der Waals surface area contributed by atoms with Crippen molar-refractivity contribution in [2.24, 2.45) is 0 Å². The summed E-state index contributed by atoms with van der Waals surface area (Å²) < 4.78 is 11.6. The van der Waals surface area contributed by atoms with Crippen molar-refractivity contribution < 1.29 is 19.2 Å². The van der Waals surface area contributed by atoms with Gasteiger partial charge in [0.1, 0.15) is 21.7 Å². The largest absolute Gasteiger partial charge is 0.495 e. The third-order valence-electron chi connectivity index (χ3n) is 4.88. The summed E-state index contributed by atoms with van der Waals surface area (Å²) in [6.45, 7) is 2.53. The monoisotopic (exact) mass is 444 g/mol. The van der Waals surface area contributed by atoms with Gasteiger partial charge in [-0.05, 0) is 39.2 Å². The molecule has 0 atom stereocenters. The van der Waals surface area contributed by atoms with Gasteiger partial charge in [-0.1, -0.05) is 17.4 Å². The topological polar surface area (TPSA) is 98.0 Å². The summed E-state index contributed by atoms with van der Waals surface area (Å²) in [5.74, 6) is 0.857. The Kier molecular flexibility index (Phi) is 6.71. The molecule has 0 saturated heterocycles. The van der Waals surface area contributed by atoms with Gasteiger partial charge in [-0.2, -0.15) is 0 Å². The number of methoxy groups -OCH3 is 2. The zero-order valence-corrected chi connectivity index (χ0v) is 18.9. The van der Waals surface area contributed by atoms with Gasteiger partial charge in [0.2, 0.25) is 0 Å². The van der Waals surface area contributed by atoms with Crippen LogP contribution in [0.4, 0.5) is 10.8 Å². The maximum absolute atomic E-state index is 13.5. The van der Waals surface area contributed by atoms with Gasteiger partial charge in [0, 0.05) is 30.3 Å². The summed E-state index contributed by atoms with van der Waals surface area (Å²) in [6, 6.07) is 8.07. The number of ether oxygens (including phenoxy) is 2. The van der Waals surface area contributed by atoms with Gasteiger partial charge < -0.3 is 14.4 Å². The molecule has 0 unspecified atom stereocenters. The average Bonchev–Trinajstić information content (AvgIpc) is 3.17. The van der Waals surface area contributed by atoms with Gasteiger partial charge >= 0.3 is 0 Å². The van der Waals surface area contributed by atoms with Crippen LogP contribution >= 0.6 is 11.3 Å². The summed E-state index contributed by atoms with van der Waals surface area (Å²) in [6.07, 6.45) is 0. The number of nitrogens with zero attached hydrogens (tertiary/aromatic N) is 4. The van der Waals surface area contributed by atoms with Crippen molar-refractivity contribution in [2.75, 3.05) is 46.3 Å². The van der Waals surface area contributed by atoms with Crippen LogP contribution in [-0.2, 0) is 0 Å². The normalized spacial score (nSPS) is 11.0. The van der Waals surface area contributed by atoms with Crippen molar-refractivity contribution in [1.82, 2.24) is 9.88 Å². The molecule has 0 bridgehead atoms. The van der Waals surface area contributed by atoms with Crippen molar-refractivity contribution in [3.05, 3.63) is 51.6 Å². The molecular weight excluding hydrogens is 420 g/mol. The number of benzene rings is 2. The van der Waals surface area contributed by atoms with Crippen LogP contribution in [0.5, 0.6) is 11.5 Å². The van der Waals surface area contributed by atoms with Crippen molar-refractivity contribution >= 4 is 38.3 Å². The first-order chi connectivity index (χ1) is 14.8. The van der Waals surface area contributed by atoms with Gasteiger partial charge in [0.05, 0.1) is 19.1 Å². The number of likely N-dealkylation sites (N-methyl/N-ethyl adjacent to an activating group) is 1. The maximum Gasteiger partial charge on any atom is 0.273 e. The summed E-state index contributed by atoms with van der Waals surface area (Å²) in [5.41, 5.74) is 1.10. The molecular formula is C21H24N4O5S. The number of nitro groups is 1. The molecule has 0 aliphatic rings. The Morgan fingerprint density at radius 1 is 1.13 bits per heavy atom. The van der Waals surface area contributed by atoms with Gasteiger partial charge in [-0.3, -0.25) is 19.8 Å². The molecule has 164 valence electrons. The molecule has 31 heavy (non-hydrogen) atoms. The molecule has 2 aromatic carbocycles. The number of anilines is 1. The highest BCUT2D eigenvalue weighted by Gasteiger charge is 2.27. The zero-order valence-electron chi connectivity index (χ0n) is 18.0. The Balaban J connectivity index is 2.13. The number of rotatable bonds is 8. The highest BCUT2D eigenvalue weighted by Crippen LogP contribution is 2.40.